The van der Waals surface area contributed by atoms with Crippen LogP contribution in [0.3, 0.4) is 0 Å². The SMILES string of the molecule is CCCCN(C(=O)c1ccc2nnnn2c1)[C@H](C)CC. The Bertz CT molecular complexity index is 580. The van der Waals surface area contributed by atoms with Gasteiger partial charge in [0, 0.05) is 18.8 Å². The smallest absolute Gasteiger partial charge is 0.255 e. The fraction of sp³-hybridized carbons (Fsp3) is 0.571. The first-order chi connectivity index (χ1) is 9.67. The summed E-state index contributed by atoms with van der Waals surface area (Å²) < 4.78 is 1.53. The monoisotopic (exact) mass is 275 g/mol. The number of rotatable bonds is 6. The predicted molar refractivity (Wildman–Crippen MR) is 76.5 cm³/mol. The van der Waals surface area contributed by atoms with Crippen molar-refractivity contribution in [2.45, 2.75) is 46.1 Å². The van der Waals surface area contributed by atoms with Gasteiger partial charge in [0.2, 0.25) is 0 Å². The Balaban J connectivity index is 2.24. The summed E-state index contributed by atoms with van der Waals surface area (Å²) >= 11 is 0. The lowest BCUT2D eigenvalue weighted by Gasteiger charge is -2.28. The Labute approximate surface area is 118 Å². The van der Waals surface area contributed by atoms with E-state index in [1.807, 2.05) is 4.90 Å². The Morgan fingerprint density at radius 2 is 2.20 bits per heavy atom. The van der Waals surface area contributed by atoms with Gasteiger partial charge in [-0.3, -0.25) is 4.79 Å². The minimum atomic E-state index is 0.0465. The van der Waals surface area contributed by atoms with Crippen molar-refractivity contribution >= 4 is 11.6 Å². The standard InChI is InChI=1S/C14H21N5O/c1-4-6-9-18(11(3)5-2)14(20)12-7-8-13-15-16-17-19(13)10-12/h7-8,10-11H,4-6,9H2,1-3H3/t11-/m1/s1. The highest BCUT2D eigenvalue weighted by Gasteiger charge is 2.20. The summed E-state index contributed by atoms with van der Waals surface area (Å²) in [5, 5.41) is 11.3. The molecule has 0 aliphatic carbocycles. The van der Waals surface area contributed by atoms with E-state index in [9.17, 15) is 4.79 Å². The molecule has 1 amide bonds. The first-order valence-corrected chi connectivity index (χ1v) is 7.16. The van der Waals surface area contributed by atoms with Gasteiger partial charge in [-0.1, -0.05) is 20.3 Å². The average Bonchev–Trinajstić information content (AvgIpc) is 2.94. The highest BCUT2D eigenvalue weighted by molar-refractivity contribution is 5.94. The number of tetrazole rings is 1. The van der Waals surface area contributed by atoms with Crippen LogP contribution in [-0.2, 0) is 0 Å². The molecule has 0 saturated heterocycles. The van der Waals surface area contributed by atoms with Gasteiger partial charge >= 0.3 is 0 Å². The Hall–Kier alpha value is -1.98. The van der Waals surface area contributed by atoms with Crippen LogP contribution in [0.1, 0.15) is 50.4 Å². The lowest BCUT2D eigenvalue weighted by atomic mass is 10.1. The maximum Gasteiger partial charge on any atom is 0.255 e. The molecule has 2 aromatic rings. The van der Waals surface area contributed by atoms with E-state index in [1.165, 1.54) is 4.52 Å². The zero-order valence-corrected chi connectivity index (χ0v) is 12.3. The zero-order valence-electron chi connectivity index (χ0n) is 12.3. The van der Waals surface area contributed by atoms with Crippen LogP contribution in [0.2, 0.25) is 0 Å². The lowest BCUT2D eigenvalue weighted by molar-refractivity contribution is 0.0684. The molecule has 0 unspecified atom stereocenters. The molecule has 2 rings (SSSR count). The molecule has 0 fully saturated rings. The van der Waals surface area contributed by atoms with Crippen molar-refractivity contribution in [3.63, 3.8) is 0 Å². The maximum atomic E-state index is 12.7. The first-order valence-electron chi connectivity index (χ1n) is 7.16. The van der Waals surface area contributed by atoms with Gasteiger partial charge in [0.1, 0.15) is 0 Å². The number of nitrogens with zero attached hydrogens (tertiary/aromatic N) is 5. The molecular weight excluding hydrogens is 254 g/mol. The summed E-state index contributed by atoms with van der Waals surface area (Å²) in [4.78, 5) is 14.6. The second kappa shape index (κ2) is 6.45. The molecule has 0 radical (unpaired) electrons. The van der Waals surface area contributed by atoms with E-state index in [2.05, 4.69) is 36.3 Å². The van der Waals surface area contributed by atoms with Crippen LogP contribution < -0.4 is 0 Å². The van der Waals surface area contributed by atoms with Crippen LogP contribution in [0.25, 0.3) is 5.65 Å². The Morgan fingerprint density at radius 3 is 2.90 bits per heavy atom. The highest BCUT2D eigenvalue weighted by atomic mass is 16.2. The van der Waals surface area contributed by atoms with E-state index in [0.717, 1.165) is 25.8 Å². The van der Waals surface area contributed by atoms with Crippen molar-refractivity contribution in [1.82, 2.24) is 24.9 Å². The molecule has 2 heterocycles. The van der Waals surface area contributed by atoms with Crippen molar-refractivity contribution in [3.8, 4) is 0 Å². The second-order valence-corrected chi connectivity index (χ2v) is 5.01. The van der Waals surface area contributed by atoms with Gasteiger partial charge in [-0.25, -0.2) is 0 Å². The van der Waals surface area contributed by atoms with Crippen LogP contribution in [0.4, 0.5) is 0 Å². The summed E-state index contributed by atoms with van der Waals surface area (Å²) in [6.45, 7) is 7.11. The minimum Gasteiger partial charge on any atom is -0.336 e. The Kier molecular flexibility index (Phi) is 4.65. The van der Waals surface area contributed by atoms with Gasteiger partial charge in [0.25, 0.3) is 5.91 Å². The summed E-state index contributed by atoms with van der Waals surface area (Å²) in [5.74, 6) is 0.0465. The molecule has 0 aromatic carbocycles. The van der Waals surface area contributed by atoms with E-state index < -0.39 is 0 Å². The van der Waals surface area contributed by atoms with Crippen molar-refractivity contribution in [2.24, 2.45) is 0 Å². The van der Waals surface area contributed by atoms with Gasteiger partial charge in [0.15, 0.2) is 5.65 Å². The van der Waals surface area contributed by atoms with E-state index in [0.29, 0.717) is 11.2 Å². The normalized spacial score (nSPS) is 12.6. The number of hydrogen-bond acceptors (Lipinski definition) is 4. The molecule has 0 saturated carbocycles. The Morgan fingerprint density at radius 1 is 1.40 bits per heavy atom. The third-order valence-electron chi connectivity index (χ3n) is 3.57. The topological polar surface area (TPSA) is 63.4 Å². The van der Waals surface area contributed by atoms with Gasteiger partial charge in [-0.15, -0.1) is 5.10 Å². The summed E-state index contributed by atoms with van der Waals surface area (Å²) in [5.41, 5.74) is 1.27. The molecule has 0 bridgehead atoms. The van der Waals surface area contributed by atoms with Crippen molar-refractivity contribution in [3.05, 3.63) is 23.9 Å². The summed E-state index contributed by atoms with van der Waals surface area (Å²) in [7, 11) is 0. The quantitative estimate of drug-likeness (QED) is 0.810. The van der Waals surface area contributed by atoms with E-state index in [-0.39, 0.29) is 11.9 Å². The molecule has 0 aliphatic heterocycles. The van der Waals surface area contributed by atoms with Crippen molar-refractivity contribution in [1.29, 1.82) is 0 Å². The number of hydrogen-bond donors (Lipinski definition) is 0. The molecule has 1 atom stereocenters. The predicted octanol–water partition coefficient (Wildman–Crippen LogP) is 2.17. The molecular formula is C14H21N5O. The van der Waals surface area contributed by atoms with E-state index in [4.69, 9.17) is 0 Å². The summed E-state index contributed by atoms with van der Waals surface area (Å²) in [6.07, 6.45) is 4.73. The molecule has 0 spiro atoms. The number of amides is 1. The fourth-order valence-corrected chi connectivity index (χ4v) is 2.10. The molecule has 2 aromatic heterocycles. The molecule has 20 heavy (non-hydrogen) atoms. The maximum absolute atomic E-state index is 12.7. The van der Waals surface area contributed by atoms with Crippen LogP contribution in [-0.4, -0.2) is 43.4 Å². The van der Waals surface area contributed by atoms with Gasteiger partial charge in [-0.05, 0) is 42.3 Å². The van der Waals surface area contributed by atoms with Crippen molar-refractivity contribution in [2.75, 3.05) is 6.54 Å². The third kappa shape index (κ3) is 2.95. The largest absolute Gasteiger partial charge is 0.336 e. The fourth-order valence-electron chi connectivity index (χ4n) is 2.10. The molecule has 6 nitrogen and oxygen atoms in total. The second-order valence-electron chi connectivity index (χ2n) is 5.01. The number of unbranched alkanes of at least 4 members (excludes halogenated alkanes) is 1. The van der Waals surface area contributed by atoms with Crippen LogP contribution in [0, 0.1) is 0 Å². The first kappa shape index (κ1) is 14.4. The molecule has 108 valence electrons. The van der Waals surface area contributed by atoms with Crippen LogP contribution in [0.5, 0.6) is 0 Å². The van der Waals surface area contributed by atoms with Gasteiger partial charge in [0.05, 0.1) is 5.56 Å². The van der Waals surface area contributed by atoms with E-state index >= 15 is 0 Å². The summed E-state index contributed by atoms with van der Waals surface area (Å²) in [6, 6.07) is 3.79. The van der Waals surface area contributed by atoms with Gasteiger partial charge in [-0.2, -0.15) is 4.52 Å². The van der Waals surface area contributed by atoms with Crippen molar-refractivity contribution < 1.29 is 4.79 Å². The molecule has 0 aliphatic rings. The number of carbonyl (C=O) groups is 1. The lowest BCUT2D eigenvalue weighted by Crippen LogP contribution is -2.39. The number of pyridine rings is 1. The average molecular weight is 275 g/mol. The number of aromatic nitrogens is 4. The third-order valence-corrected chi connectivity index (χ3v) is 3.57. The zero-order chi connectivity index (χ0) is 14.5. The number of carbonyl (C=O) groups excluding carboxylic acids is 1. The minimum absolute atomic E-state index is 0.0465. The molecule has 6 heteroatoms. The van der Waals surface area contributed by atoms with Crippen LogP contribution in [0.15, 0.2) is 18.3 Å². The molecule has 0 N–H and O–H groups in total. The van der Waals surface area contributed by atoms with Gasteiger partial charge < -0.3 is 4.90 Å². The van der Waals surface area contributed by atoms with Crippen LogP contribution >= 0.6 is 0 Å². The highest BCUT2D eigenvalue weighted by Crippen LogP contribution is 2.12. The van der Waals surface area contributed by atoms with E-state index in [1.54, 1.807) is 18.3 Å². The number of fused-ring (bicyclic) bond motifs is 1.